The zero-order chi connectivity index (χ0) is 93.2. The highest BCUT2D eigenvalue weighted by molar-refractivity contribution is 6.09. The molecule has 3 N–H and O–H groups in total. The molecule has 0 aliphatic carbocycles. The highest BCUT2D eigenvalue weighted by Gasteiger charge is 2.25. The van der Waals surface area contributed by atoms with Crippen molar-refractivity contribution in [3.05, 3.63) is 58.7 Å². The number of carbonyl (C=O) groups excluding carboxylic acids is 2. The molecular weight excluding hydrogens is 1610 g/mol. The third-order valence-electron chi connectivity index (χ3n) is 27.2. The number of unbranched alkanes of at least 4 members (excludes halogenated alkanes) is 78. The highest BCUT2D eigenvalue weighted by Crippen LogP contribution is 2.43. The van der Waals surface area contributed by atoms with Gasteiger partial charge in [0.05, 0.1) is 45.2 Å². The summed E-state index contributed by atoms with van der Waals surface area (Å²) in [6.45, 7) is 18.4. The first-order chi connectivity index (χ1) is 64.1. The van der Waals surface area contributed by atoms with E-state index in [-0.39, 0.29) is 16.9 Å². The number of aromatic carboxylic acids is 1. The van der Waals surface area contributed by atoms with Crippen LogP contribution in [-0.2, 0) is 0 Å². The van der Waals surface area contributed by atoms with E-state index in [1.165, 1.54) is 449 Å². The fourth-order valence-electron chi connectivity index (χ4n) is 18.5. The summed E-state index contributed by atoms with van der Waals surface area (Å²) in [6, 6.07) is 10.1. The number of rotatable bonds is 101. The lowest BCUT2D eigenvalue weighted by atomic mass is 10.0. The van der Waals surface area contributed by atoms with Crippen LogP contribution in [0.1, 0.15) is 618 Å². The largest absolute Gasteiger partial charge is 0.490 e. The molecule has 0 unspecified atom stereocenters. The SMILES string of the molecule is CCCCCCCCCCCCCCCCOc1cc(C(=O)Nc2cc(C(=O)O)cc(NC(=O)c3cc(OCCCCCCCCCCCCCCCC)c(OCCCCCCCCCCCCCCCC)c(OCCCCCCCCCCCCCCCC)c3)c2C)cc(OCCCCCCCCCCCCCCCC)c1OCCCCCCCCCCCCCCCC. The third kappa shape index (κ3) is 67.1. The Hall–Kier alpha value is -5.13. The molecule has 0 saturated heterocycles. The number of benzene rings is 3. The third-order valence-corrected chi connectivity index (χ3v) is 27.2. The van der Waals surface area contributed by atoms with Gasteiger partial charge in [-0.2, -0.15) is 0 Å². The van der Waals surface area contributed by atoms with Crippen LogP contribution in [0, 0.1) is 6.92 Å². The van der Waals surface area contributed by atoms with Crippen LogP contribution in [0.5, 0.6) is 34.5 Å². The molecule has 0 aliphatic rings. The Labute approximate surface area is 803 Å². The number of carbonyl (C=O) groups is 3. The Morgan fingerprint density at radius 1 is 0.200 bits per heavy atom. The van der Waals surface area contributed by atoms with Crippen molar-refractivity contribution in [3.8, 4) is 34.5 Å². The fourth-order valence-corrected chi connectivity index (χ4v) is 18.5. The monoisotopic (exact) mass is 1820 g/mol. The van der Waals surface area contributed by atoms with Crippen LogP contribution < -0.4 is 39.1 Å². The molecular formula is C118H210N2O10. The number of ether oxygens (including phenoxy) is 6. The average Bonchev–Trinajstić information content (AvgIpc) is 0.797. The first-order valence-electron chi connectivity index (χ1n) is 57.2. The maximum absolute atomic E-state index is 15.2. The van der Waals surface area contributed by atoms with Crippen molar-refractivity contribution in [2.45, 2.75) is 588 Å². The summed E-state index contributed by atoms with van der Waals surface area (Å²) in [7, 11) is 0. The van der Waals surface area contributed by atoms with Gasteiger partial charge in [-0.1, -0.05) is 542 Å². The van der Waals surface area contributed by atoms with E-state index in [0.29, 0.717) is 90.8 Å². The Kier molecular flexibility index (Phi) is 82.7. The molecule has 0 aromatic heterocycles. The first kappa shape index (κ1) is 119. The zero-order valence-electron chi connectivity index (χ0n) is 86.7. The molecule has 0 atom stereocenters. The summed E-state index contributed by atoms with van der Waals surface area (Å²) in [5.41, 5.74) is 1.54. The molecule has 3 aromatic rings. The van der Waals surface area contributed by atoms with Crippen molar-refractivity contribution < 1.29 is 47.9 Å². The maximum atomic E-state index is 15.2. The van der Waals surface area contributed by atoms with Crippen molar-refractivity contribution >= 4 is 29.2 Å². The smallest absolute Gasteiger partial charge is 0.335 e. The van der Waals surface area contributed by atoms with Crippen molar-refractivity contribution in [1.82, 2.24) is 0 Å². The van der Waals surface area contributed by atoms with Gasteiger partial charge in [0.2, 0.25) is 11.5 Å². The molecule has 0 bridgehead atoms. The van der Waals surface area contributed by atoms with Crippen molar-refractivity contribution in [2.24, 2.45) is 0 Å². The van der Waals surface area contributed by atoms with Crippen LogP contribution in [0.15, 0.2) is 36.4 Å². The summed E-state index contributed by atoms with van der Waals surface area (Å²) in [6.07, 6.45) is 106. The Morgan fingerprint density at radius 3 is 0.485 bits per heavy atom. The van der Waals surface area contributed by atoms with Crippen molar-refractivity contribution in [2.75, 3.05) is 50.3 Å². The number of hydrogen-bond acceptors (Lipinski definition) is 9. The predicted octanol–water partition coefficient (Wildman–Crippen LogP) is 39.4. The van der Waals surface area contributed by atoms with Gasteiger partial charge in [-0.3, -0.25) is 9.59 Å². The van der Waals surface area contributed by atoms with E-state index in [0.717, 1.165) is 103 Å². The number of amides is 2. The van der Waals surface area contributed by atoms with Crippen molar-refractivity contribution in [1.29, 1.82) is 0 Å². The summed E-state index contributed by atoms with van der Waals surface area (Å²) < 4.78 is 40.8. The van der Waals surface area contributed by atoms with E-state index >= 15 is 9.59 Å². The molecule has 12 nitrogen and oxygen atoms in total. The van der Waals surface area contributed by atoms with Gasteiger partial charge in [0, 0.05) is 22.5 Å². The number of carboxylic acids is 1. The second kappa shape index (κ2) is 90.3. The van der Waals surface area contributed by atoms with Gasteiger partial charge in [-0.25, -0.2) is 4.79 Å². The lowest BCUT2D eigenvalue weighted by Gasteiger charge is -2.20. The van der Waals surface area contributed by atoms with Gasteiger partial charge in [-0.05, 0) is 87.4 Å². The number of hydrogen-bond donors (Lipinski definition) is 3. The lowest BCUT2D eigenvalue weighted by molar-refractivity contribution is 0.0696. The van der Waals surface area contributed by atoms with E-state index in [1.807, 2.05) is 6.92 Å². The molecule has 0 fully saturated rings. The number of nitrogens with one attached hydrogen (secondary N) is 2. The Balaban J connectivity index is 2.01. The van der Waals surface area contributed by atoms with Crippen LogP contribution in [0.25, 0.3) is 0 Å². The van der Waals surface area contributed by atoms with Gasteiger partial charge in [0.25, 0.3) is 11.8 Å². The van der Waals surface area contributed by atoms with Crippen LogP contribution in [0.3, 0.4) is 0 Å². The Bertz CT molecular complexity index is 2740. The number of carboxylic acid groups (broad SMARTS) is 1. The van der Waals surface area contributed by atoms with Gasteiger partial charge in [0.1, 0.15) is 0 Å². The van der Waals surface area contributed by atoms with Crippen LogP contribution in [-0.4, -0.2) is 62.5 Å². The summed E-state index contributed by atoms with van der Waals surface area (Å²) in [5.74, 6) is 0.858. The summed E-state index contributed by atoms with van der Waals surface area (Å²) >= 11 is 0. The average molecular weight is 1820 g/mol. The molecule has 130 heavy (non-hydrogen) atoms. The summed E-state index contributed by atoms with van der Waals surface area (Å²) in [5, 5.41) is 17.1. The molecule has 0 saturated carbocycles. The van der Waals surface area contributed by atoms with Gasteiger partial charge >= 0.3 is 5.97 Å². The highest BCUT2D eigenvalue weighted by atomic mass is 16.5. The minimum Gasteiger partial charge on any atom is -0.490 e. The van der Waals surface area contributed by atoms with Crippen LogP contribution in [0.2, 0.25) is 0 Å². The zero-order valence-corrected chi connectivity index (χ0v) is 86.7. The molecule has 0 heterocycles. The van der Waals surface area contributed by atoms with E-state index < -0.39 is 17.8 Å². The topological polar surface area (TPSA) is 151 Å². The van der Waals surface area contributed by atoms with Gasteiger partial charge in [-0.15, -0.1) is 0 Å². The second-order valence-corrected chi connectivity index (χ2v) is 39.7. The maximum Gasteiger partial charge on any atom is 0.335 e. The molecule has 2 amide bonds. The number of anilines is 2. The Morgan fingerprint density at radius 2 is 0.338 bits per heavy atom. The predicted molar refractivity (Wildman–Crippen MR) is 562 cm³/mol. The second-order valence-electron chi connectivity index (χ2n) is 39.7. The van der Waals surface area contributed by atoms with E-state index in [1.54, 1.807) is 24.3 Å². The standard InChI is InChI=1S/C118H210N2O10/c1-8-14-20-26-32-38-44-50-56-62-68-74-80-86-92-125-110-100-105(101-111(126-93-87-81-75-69-63-57-51-45-39-33-27-21-15-9-2)114(110)129-96-90-84-78-72-66-60-54-48-42-36-30-24-18-12-5)116(121)119-108-98-107(118(123)124)99-109(104(108)7)120-117(122)106-102-112(127-94-88-82-76-70-64-58-52-46-40-34-28-22-16-10-3)115(130-97-91-85-79-73-67-61-55-49-43-37-31-25-19-13-6)113(103-106)128-95-89-83-77-71-65-59-53-47-41-35-29-23-17-11-4/h98-103H,8-97H2,1-7H3,(H,119,121)(H,120,122)(H,123,124). The molecule has 0 aliphatic heterocycles. The minimum absolute atomic E-state index is 0.0838. The lowest BCUT2D eigenvalue weighted by Crippen LogP contribution is -2.18. The van der Waals surface area contributed by atoms with Gasteiger partial charge in [0.15, 0.2) is 23.0 Å². The fraction of sp³-hybridized carbons (Fsp3) is 0.822. The molecule has 3 rings (SSSR count). The molecule has 0 radical (unpaired) electrons. The normalized spacial score (nSPS) is 11.5. The van der Waals surface area contributed by atoms with Crippen molar-refractivity contribution in [3.63, 3.8) is 0 Å². The molecule has 12 heteroatoms. The molecule has 0 spiro atoms. The van der Waals surface area contributed by atoms with E-state index in [4.69, 9.17) is 28.4 Å². The van der Waals surface area contributed by atoms with E-state index in [2.05, 4.69) is 52.2 Å². The van der Waals surface area contributed by atoms with Gasteiger partial charge < -0.3 is 44.2 Å². The van der Waals surface area contributed by atoms with Crippen LogP contribution in [0.4, 0.5) is 11.4 Å². The first-order valence-corrected chi connectivity index (χ1v) is 57.2. The quantitative estimate of drug-likeness (QED) is 0.0466. The summed E-state index contributed by atoms with van der Waals surface area (Å²) in [4.78, 5) is 43.8. The van der Waals surface area contributed by atoms with Crippen LogP contribution >= 0.6 is 0 Å². The molecule has 3 aromatic carbocycles. The molecule has 752 valence electrons. The van der Waals surface area contributed by atoms with E-state index in [9.17, 15) is 9.90 Å². The minimum atomic E-state index is -1.19.